The Labute approximate surface area is 128 Å². The summed E-state index contributed by atoms with van der Waals surface area (Å²) in [4.78, 5) is 18.7. The van der Waals surface area contributed by atoms with E-state index in [1.54, 1.807) is 5.38 Å². The molecule has 5 heteroatoms. The molecule has 1 amide bonds. The monoisotopic (exact) mass is 301 g/mol. The van der Waals surface area contributed by atoms with Crippen LogP contribution in [0.3, 0.4) is 0 Å². The minimum absolute atomic E-state index is 0.0180. The maximum absolute atomic E-state index is 12.6. The summed E-state index contributed by atoms with van der Waals surface area (Å²) in [5.74, 6) is 0.332. The number of hydrogen-bond acceptors (Lipinski definition) is 4. The fourth-order valence-electron chi connectivity index (χ4n) is 3.08. The molecule has 1 aromatic heterocycles. The van der Waals surface area contributed by atoms with E-state index in [1.807, 2.05) is 11.9 Å². The molecule has 0 fully saturated rings. The van der Waals surface area contributed by atoms with Gasteiger partial charge in [0.2, 0.25) is 0 Å². The van der Waals surface area contributed by atoms with Crippen LogP contribution in [0.15, 0.2) is 29.6 Å². The molecule has 0 aliphatic heterocycles. The Balaban J connectivity index is 1.80. The first kappa shape index (κ1) is 14.2. The maximum atomic E-state index is 12.6. The molecule has 1 aromatic carbocycles. The van der Waals surface area contributed by atoms with Crippen molar-refractivity contribution in [2.75, 3.05) is 7.05 Å². The van der Waals surface area contributed by atoms with Gasteiger partial charge in [0.15, 0.2) is 0 Å². The van der Waals surface area contributed by atoms with Gasteiger partial charge < -0.3 is 10.6 Å². The van der Waals surface area contributed by atoms with Gasteiger partial charge in [-0.05, 0) is 17.5 Å². The molecule has 2 unspecified atom stereocenters. The topological polar surface area (TPSA) is 59.2 Å². The molecule has 0 bridgehead atoms. The van der Waals surface area contributed by atoms with Crippen molar-refractivity contribution < 1.29 is 4.79 Å². The summed E-state index contributed by atoms with van der Waals surface area (Å²) in [5, 5.41) is 2.60. The van der Waals surface area contributed by atoms with Crippen LogP contribution >= 0.6 is 11.3 Å². The normalized spacial score (nSPS) is 20.3. The van der Waals surface area contributed by atoms with Gasteiger partial charge >= 0.3 is 0 Å². The zero-order valence-corrected chi connectivity index (χ0v) is 13.1. The Morgan fingerprint density at radius 1 is 1.48 bits per heavy atom. The predicted octanol–water partition coefficient (Wildman–Crippen LogP) is 2.40. The fraction of sp³-hybridized carbons (Fsp3) is 0.375. The number of nitrogens with zero attached hydrogens (tertiary/aromatic N) is 2. The molecule has 1 aliphatic carbocycles. The lowest BCUT2D eigenvalue weighted by atomic mass is 10.00. The van der Waals surface area contributed by atoms with E-state index in [0.29, 0.717) is 18.2 Å². The van der Waals surface area contributed by atoms with Gasteiger partial charge in [0.05, 0.1) is 0 Å². The van der Waals surface area contributed by atoms with Crippen LogP contribution in [0.1, 0.15) is 39.5 Å². The van der Waals surface area contributed by atoms with Crippen molar-refractivity contribution >= 4 is 17.2 Å². The highest BCUT2D eigenvalue weighted by molar-refractivity contribution is 7.09. The molecule has 1 aliphatic rings. The lowest BCUT2D eigenvalue weighted by Gasteiger charge is -2.27. The molecular weight excluding hydrogens is 282 g/mol. The summed E-state index contributed by atoms with van der Waals surface area (Å²) < 4.78 is 0. The molecule has 2 atom stereocenters. The van der Waals surface area contributed by atoms with E-state index < -0.39 is 0 Å². The van der Waals surface area contributed by atoms with Crippen molar-refractivity contribution in [1.82, 2.24) is 9.88 Å². The smallest absolute Gasteiger partial charge is 0.273 e. The quantitative estimate of drug-likeness (QED) is 0.947. The molecule has 2 aromatic rings. The minimum atomic E-state index is -0.0180. The average molecular weight is 301 g/mol. The van der Waals surface area contributed by atoms with Crippen LogP contribution in [-0.4, -0.2) is 28.9 Å². The molecule has 0 radical (unpaired) electrons. The zero-order valence-electron chi connectivity index (χ0n) is 12.2. The highest BCUT2D eigenvalue weighted by atomic mass is 32.1. The summed E-state index contributed by atoms with van der Waals surface area (Å²) in [6.45, 7) is 2.57. The zero-order chi connectivity index (χ0) is 15.0. The third kappa shape index (κ3) is 2.47. The van der Waals surface area contributed by atoms with E-state index in [9.17, 15) is 4.79 Å². The molecule has 3 rings (SSSR count). The van der Waals surface area contributed by atoms with Gasteiger partial charge in [0, 0.05) is 30.9 Å². The molecule has 21 heavy (non-hydrogen) atoms. The van der Waals surface area contributed by atoms with E-state index in [-0.39, 0.29) is 11.9 Å². The van der Waals surface area contributed by atoms with E-state index in [2.05, 4.69) is 36.2 Å². The minimum Gasteiger partial charge on any atom is -0.336 e. The second-order valence-electron chi connectivity index (χ2n) is 5.51. The lowest BCUT2D eigenvalue weighted by molar-refractivity contribution is 0.0716. The first-order valence-corrected chi connectivity index (χ1v) is 7.99. The Kier molecular flexibility index (Phi) is 3.78. The highest BCUT2D eigenvalue weighted by Gasteiger charge is 2.34. The largest absolute Gasteiger partial charge is 0.336 e. The molecular formula is C16H19N3OS. The molecule has 2 N–H and O–H groups in total. The Morgan fingerprint density at radius 2 is 2.24 bits per heavy atom. The van der Waals surface area contributed by atoms with Gasteiger partial charge in [-0.1, -0.05) is 31.2 Å². The third-order valence-corrected chi connectivity index (χ3v) is 5.19. The van der Waals surface area contributed by atoms with Crippen molar-refractivity contribution in [2.45, 2.75) is 31.8 Å². The van der Waals surface area contributed by atoms with Gasteiger partial charge in [-0.25, -0.2) is 4.98 Å². The number of rotatable bonds is 3. The van der Waals surface area contributed by atoms with E-state index >= 15 is 0 Å². The SMILES string of the molecule is CC1c2ccccc2CC1N(C)C(=O)c1csc(CN)n1. The van der Waals surface area contributed by atoms with E-state index in [1.165, 1.54) is 22.5 Å². The highest BCUT2D eigenvalue weighted by Crippen LogP contribution is 2.35. The lowest BCUT2D eigenvalue weighted by Crippen LogP contribution is -2.39. The van der Waals surface area contributed by atoms with E-state index in [0.717, 1.165) is 11.4 Å². The van der Waals surface area contributed by atoms with Gasteiger partial charge in [-0.3, -0.25) is 4.79 Å². The second kappa shape index (κ2) is 5.58. The standard InChI is InChI=1S/C16H19N3OS/c1-10-12-6-4-3-5-11(12)7-14(10)19(2)16(20)13-9-21-15(8-17)18-13/h3-6,9-10,14H,7-8,17H2,1-2H3. The summed E-state index contributed by atoms with van der Waals surface area (Å²) in [6.07, 6.45) is 0.910. The Hall–Kier alpha value is -1.72. The van der Waals surface area contributed by atoms with E-state index in [4.69, 9.17) is 5.73 Å². The fourth-order valence-corrected chi connectivity index (χ4v) is 3.73. The molecule has 4 nitrogen and oxygen atoms in total. The average Bonchev–Trinajstić information content (AvgIpc) is 3.11. The molecule has 110 valence electrons. The summed E-state index contributed by atoms with van der Waals surface area (Å²) in [7, 11) is 1.87. The summed E-state index contributed by atoms with van der Waals surface area (Å²) in [6, 6.07) is 8.63. The van der Waals surface area contributed by atoms with Crippen molar-refractivity contribution in [1.29, 1.82) is 0 Å². The molecule has 1 heterocycles. The molecule has 0 saturated carbocycles. The Bertz CT molecular complexity index is 667. The van der Waals surface area contributed by atoms with Crippen LogP contribution in [0.25, 0.3) is 0 Å². The van der Waals surface area contributed by atoms with Crippen LogP contribution in [0, 0.1) is 0 Å². The molecule has 0 saturated heterocycles. The number of thiazole rings is 1. The van der Waals surface area contributed by atoms with Gasteiger partial charge in [-0.2, -0.15) is 0 Å². The second-order valence-corrected chi connectivity index (χ2v) is 6.45. The van der Waals surface area contributed by atoms with Gasteiger partial charge in [0.1, 0.15) is 10.7 Å². The van der Waals surface area contributed by atoms with Crippen LogP contribution in [0.5, 0.6) is 0 Å². The van der Waals surface area contributed by atoms with Crippen LogP contribution in [0.4, 0.5) is 0 Å². The maximum Gasteiger partial charge on any atom is 0.273 e. The number of fused-ring (bicyclic) bond motifs is 1. The predicted molar refractivity (Wildman–Crippen MR) is 84.4 cm³/mol. The number of hydrogen-bond donors (Lipinski definition) is 1. The first-order valence-electron chi connectivity index (χ1n) is 7.11. The number of likely N-dealkylation sites (N-methyl/N-ethyl adjacent to an activating group) is 1. The summed E-state index contributed by atoms with van der Waals surface area (Å²) >= 11 is 1.44. The number of amides is 1. The number of aromatic nitrogens is 1. The van der Waals surface area contributed by atoms with Gasteiger partial charge in [0.25, 0.3) is 5.91 Å². The number of carbonyl (C=O) groups excluding carboxylic acids is 1. The van der Waals surface area contributed by atoms with Gasteiger partial charge in [-0.15, -0.1) is 11.3 Å². The van der Waals surface area contributed by atoms with Crippen molar-refractivity contribution in [3.63, 3.8) is 0 Å². The molecule has 0 spiro atoms. The number of benzene rings is 1. The van der Waals surface area contributed by atoms with Crippen LogP contribution < -0.4 is 5.73 Å². The Morgan fingerprint density at radius 3 is 2.90 bits per heavy atom. The number of nitrogens with two attached hydrogens (primary N) is 1. The number of carbonyl (C=O) groups is 1. The van der Waals surface area contributed by atoms with Crippen LogP contribution in [-0.2, 0) is 13.0 Å². The first-order chi connectivity index (χ1) is 10.1. The third-order valence-electron chi connectivity index (χ3n) is 4.32. The van der Waals surface area contributed by atoms with Crippen molar-refractivity contribution in [3.8, 4) is 0 Å². The van der Waals surface area contributed by atoms with Crippen molar-refractivity contribution in [2.24, 2.45) is 5.73 Å². The summed E-state index contributed by atoms with van der Waals surface area (Å²) in [5.41, 5.74) is 8.76. The van der Waals surface area contributed by atoms with Crippen molar-refractivity contribution in [3.05, 3.63) is 51.5 Å². The van der Waals surface area contributed by atoms with Crippen LogP contribution in [0.2, 0.25) is 0 Å².